The highest BCUT2D eigenvalue weighted by Gasteiger charge is 2.16. The van der Waals surface area contributed by atoms with Crippen LogP contribution in [0.4, 0.5) is 5.69 Å². The standard InChI is InChI=1S/C10H13NO3/c1-7(2)6-8-4-3-5-9(10(8)12)11(13)14/h3-5,7,12H,6H2,1-2H3. The zero-order valence-corrected chi connectivity index (χ0v) is 8.23. The largest absolute Gasteiger partial charge is 0.502 e. The number of hydrogen-bond donors (Lipinski definition) is 1. The molecular weight excluding hydrogens is 182 g/mol. The first-order valence-corrected chi connectivity index (χ1v) is 4.47. The lowest BCUT2D eigenvalue weighted by Gasteiger charge is -2.06. The van der Waals surface area contributed by atoms with Gasteiger partial charge in [0.05, 0.1) is 4.92 Å². The van der Waals surface area contributed by atoms with Crippen LogP contribution in [-0.2, 0) is 6.42 Å². The Labute approximate surface area is 82.3 Å². The van der Waals surface area contributed by atoms with Crippen LogP contribution in [0.15, 0.2) is 18.2 Å². The van der Waals surface area contributed by atoms with Crippen LogP contribution in [0.2, 0.25) is 0 Å². The van der Waals surface area contributed by atoms with Gasteiger partial charge in [-0.1, -0.05) is 26.0 Å². The van der Waals surface area contributed by atoms with E-state index in [0.717, 1.165) is 0 Å². The van der Waals surface area contributed by atoms with Crippen LogP contribution in [0.25, 0.3) is 0 Å². The van der Waals surface area contributed by atoms with E-state index in [4.69, 9.17) is 0 Å². The SMILES string of the molecule is CC(C)Cc1cccc([N+](=O)[O-])c1O. The molecular formula is C10H13NO3. The first-order valence-electron chi connectivity index (χ1n) is 4.47. The van der Waals surface area contributed by atoms with Crippen molar-refractivity contribution in [1.29, 1.82) is 0 Å². The minimum absolute atomic E-state index is 0.203. The van der Waals surface area contributed by atoms with Crippen molar-refractivity contribution in [2.75, 3.05) is 0 Å². The van der Waals surface area contributed by atoms with Crippen molar-refractivity contribution in [3.8, 4) is 5.75 Å². The Morgan fingerprint density at radius 3 is 2.64 bits per heavy atom. The third-order valence-electron chi connectivity index (χ3n) is 1.92. The Balaban J connectivity index is 3.07. The van der Waals surface area contributed by atoms with Crippen LogP contribution in [0.3, 0.4) is 0 Å². The molecule has 0 aromatic heterocycles. The molecule has 0 spiro atoms. The normalized spacial score (nSPS) is 10.5. The maximum absolute atomic E-state index is 10.5. The number of benzene rings is 1. The third-order valence-corrected chi connectivity index (χ3v) is 1.92. The molecule has 0 heterocycles. The molecule has 76 valence electrons. The van der Waals surface area contributed by atoms with Gasteiger partial charge >= 0.3 is 5.69 Å². The van der Waals surface area contributed by atoms with Crippen LogP contribution in [0.1, 0.15) is 19.4 Å². The maximum atomic E-state index is 10.5. The molecule has 0 aliphatic rings. The highest BCUT2D eigenvalue weighted by atomic mass is 16.6. The zero-order chi connectivity index (χ0) is 10.7. The number of phenolic OH excluding ortho intramolecular Hbond substituents is 1. The van der Waals surface area contributed by atoms with Gasteiger partial charge in [-0.2, -0.15) is 0 Å². The van der Waals surface area contributed by atoms with Gasteiger partial charge < -0.3 is 5.11 Å². The molecule has 0 bridgehead atoms. The van der Waals surface area contributed by atoms with E-state index in [1.54, 1.807) is 12.1 Å². The molecule has 4 nitrogen and oxygen atoms in total. The van der Waals surface area contributed by atoms with Gasteiger partial charge in [-0.05, 0) is 12.3 Å². The second-order valence-electron chi connectivity index (χ2n) is 3.64. The summed E-state index contributed by atoms with van der Waals surface area (Å²) in [6.45, 7) is 4.00. The predicted molar refractivity (Wildman–Crippen MR) is 53.3 cm³/mol. The lowest BCUT2D eigenvalue weighted by atomic mass is 10.0. The summed E-state index contributed by atoms with van der Waals surface area (Å²) in [7, 11) is 0. The van der Waals surface area contributed by atoms with E-state index in [2.05, 4.69) is 0 Å². The summed E-state index contributed by atoms with van der Waals surface area (Å²) in [5.74, 6) is 0.161. The fourth-order valence-corrected chi connectivity index (χ4v) is 1.33. The summed E-state index contributed by atoms with van der Waals surface area (Å²) in [4.78, 5) is 9.94. The van der Waals surface area contributed by atoms with E-state index in [-0.39, 0.29) is 11.4 Å². The van der Waals surface area contributed by atoms with Crippen molar-refractivity contribution in [2.45, 2.75) is 20.3 Å². The average molecular weight is 195 g/mol. The van der Waals surface area contributed by atoms with E-state index < -0.39 is 4.92 Å². The van der Waals surface area contributed by atoms with Crippen molar-refractivity contribution < 1.29 is 10.0 Å². The molecule has 14 heavy (non-hydrogen) atoms. The van der Waals surface area contributed by atoms with Gasteiger partial charge in [-0.3, -0.25) is 10.1 Å². The molecule has 1 N–H and O–H groups in total. The van der Waals surface area contributed by atoms with E-state index >= 15 is 0 Å². The van der Waals surface area contributed by atoms with Crippen LogP contribution in [-0.4, -0.2) is 10.0 Å². The first kappa shape index (κ1) is 10.5. The Kier molecular flexibility index (Phi) is 3.06. The molecule has 0 unspecified atom stereocenters. The van der Waals surface area contributed by atoms with Gasteiger partial charge in [-0.25, -0.2) is 0 Å². The number of para-hydroxylation sites is 1. The van der Waals surface area contributed by atoms with E-state index in [1.165, 1.54) is 6.07 Å². The Bertz CT molecular complexity index is 347. The molecule has 1 aromatic rings. The van der Waals surface area contributed by atoms with Crippen molar-refractivity contribution in [2.24, 2.45) is 5.92 Å². The molecule has 0 atom stereocenters. The average Bonchev–Trinajstić information content (AvgIpc) is 2.07. The summed E-state index contributed by atoms with van der Waals surface area (Å²) in [5, 5.41) is 20.1. The summed E-state index contributed by atoms with van der Waals surface area (Å²) in [6.07, 6.45) is 0.646. The second-order valence-corrected chi connectivity index (χ2v) is 3.64. The number of nitro benzene ring substituents is 1. The molecule has 0 saturated heterocycles. The third kappa shape index (κ3) is 2.22. The lowest BCUT2D eigenvalue weighted by Crippen LogP contribution is -1.97. The molecule has 0 fully saturated rings. The molecule has 1 rings (SSSR count). The smallest absolute Gasteiger partial charge is 0.310 e. The number of phenols is 1. The van der Waals surface area contributed by atoms with Gasteiger partial charge in [0.2, 0.25) is 0 Å². The van der Waals surface area contributed by atoms with Crippen LogP contribution >= 0.6 is 0 Å². The van der Waals surface area contributed by atoms with Crippen LogP contribution in [0, 0.1) is 16.0 Å². The quantitative estimate of drug-likeness (QED) is 0.595. The van der Waals surface area contributed by atoms with E-state index in [0.29, 0.717) is 17.9 Å². The van der Waals surface area contributed by atoms with Crippen molar-refractivity contribution in [1.82, 2.24) is 0 Å². The number of hydrogen-bond acceptors (Lipinski definition) is 3. The number of rotatable bonds is 3. The summed E-state index contributed by atoms with van der Waals surface area (Å²) < 4.78 is 0. The Morgan fingerprint density at radius 1 is 1.50 bits per heavy atom. The van der Waals surface area contributed by atoms with E-state index in [9.17, 15) is 15.2 Å². The highest BCUT2D eigenvalue weighted by Crippen LogP contribution is 2.30. The molecule has 4 heteroatoms. The minimum atomic E-state index is -0.570. The fourth-order valence-electron chi connectivity index (χ4n) is 1.33. The van der Waals surface area contributed by atoms with Gasteiger partial charge in [0, 0.05) is 11.6 Å². The molecule has 0 saturated carbocycles. The predicted octanol–water partition coefficient (Wildman–Crippen LogP) is 2.50. The van der Waals surface area contributed by atoms with Gasteiger partial charge in [-0.15, -0.1) is 0 Å². The van der Waals surface area contributed by atoms with Gasteiger partial charge in [0.15, 0.2) is 5.75 Å². The van der Waals surface area contributed by atoms with E-state index in [1.807, 2.05) is 13.8 Å². The molecule has 1 aromatic carbocycles. The molecule has 0 radical (unpaired) electrons. The number of aromatic hydroxyl groups is 1. The van der Waals surface area contributed by atoms with Crippen molar-refractivity contribution in [3.05, 3.63) is 33.9 Å². The minimum Gasteiger partial charge on any atom is -0.502 e. The topological polar surface area (TPSA) is 63.4 Å². The van der Waals surface area contributed by atoms with Crippen LogP contribution in [0.5, 0.6) is 5.75 Å². The fraction of sp³-hybridized carbons (Fsp3) is 0.400. The number of nitro groups is 1. The second kappa shape index (κ2) is 4.09. The Morgan fingerprint density at radius 2 is 2.14 bits per heavy atom. The van der Waals surface area contributed by atoms with Crippen LogP contribution < -0.4 is 0 Å². The summed E-state index contributed by atoms with van der Waals surface area (Å²) in [6, 6.07) is 4.61. The lowest BCUT2D eigenvalue weighted by molar-refractivity contribution is -0.385. The monoisotopic (exact) mass is 195 g/mol. The number of nitrogens with zero attached hydrogens (tertiary/aromatic N) is 1. The van der Waals surface area contributed by atoms with Gasteiger partial charge in [0.25, 0.3) is 0 Å². The van der Waals surface area contributed by atoms with Gasteiger partial charge in [0.1, 0.15) is 0 Å². The summed E-state index contributed by atoms with van der Waals surface area (Å²) in [5.41, 5.74) is 0.414. The van der Waals surface area contributed by atoms with Crippen molar-refractivity contribution in [3.63, 3.8) is 0 Å². The summed E-state index contributed by atoms with van der Waals surface area (Å²) >= 11 is 0. The highest BCUT2D eigenvalue weighted by molar-refractivity contribution is 5.50. The Hall–Kier alpha value is -1.58. The zero-order valence-electron chi connectivity index (χ0n) is 8.23. The molecule has 0 aliphatic heterocycles. The maximum Gasteiger partial charge on any atom is 0.310 e. The molecule has 0 aliphatic carbocycles. The van der Waals surface area contributed by atoms with Crippen molar-refractivity contribution >= 4 is 5.69 Å². The first-order chi connectivity index (χ1) is 6.52. The molecule has 0 amide bonds.